The van der Waals surface area contributed by atoms with Crippen molar-refractivity contribution in [2.24, 2.45) is 0 Å². The van der Waals surface area contributed by atoms with Crippen molar-refractivity contribution < 1.29 is 19.0 Å². The standard InChI is InChI=1S/C16H24O4/c1-6-18-14-9-8-12(10-15(14)19-7-2)13(17)11-20-16(3,4)5/h8-10H,6-7,11H2,1-5H3. The van der Waals surface area contributed by atoms with Gasteiger partial charge >= 0.3 is 0 Å². The lowest BCUT2D eigenvalue weighted by molar-refractivity contribution is 0.00305. The zero-order valence-corrected chi connectivity index (χ0v) is 13.0. The van der Waals surface area contributed by atoms with Gasteiger partial charge in [-0.15, -0.1) is 0 Å². The molecule has 0 N–H and O–H groups in total. The Kier molecular flexibility index (Phi) is 6.02. The summed E-state index contributed by atoms with van der Waals surface area (Å²) >= 11 is 0. The van der Waals surface area contributed by atoms with E-state index in [0.29, 0.717) is 30.3 Å². The molecule has 0 fully saturated rings. The minimum Gasteiger partial charge on any atom is -0.490 e. The highest BCUT2D eigenvalue weighted by Crippen LogP contribution is 2.28. The molecule has 0 radical (unpaired) electrons. The van der Waals surface area contributed by atoms with Gasteiger partial charge in [-0.05, 0) is 52.8 Å². The predicted molar refractivity (Wildman–Crippen MR) is 78.8 cm³/mol. The van der Waals surface area contributed by atoms with Gasteiger partial charge in [0.25, 0.3) is 0 Å². The fourth-order valence-corrected chi connectivity index (χ4v) is 1.59. The number of rotatable bonds is 7. The van der Waals surface area contributed by atoms with Crippen LogP contribution in [0, 0.1) is 0 Å². The summed E-state index contributed by atoms with van der Waals surface area (Å²) in [5, 5.41) is 0. The molecule has 20 heavy (non-hydrogen) atoms. The normalized spacial score (nSPS) is 11.2. The van der Waals surface area contributed by atoms with Crippen molar-refractivity contribution in [2.75, 3.05) is 19.8 Å². The third-order valence-corrected chi connectivity index (χ3v) is 2.50. The zero-order valence-electron chi connectivity index (χ0n) is 13.0. The van der Waals surface area contributed by atoms with Crippen LogP contribution in [0.3, 0.4) is 0 Å². The van der Waals surface area contributed by atoms with E-state index in [1.165, 1.54) is 0 Å². The molecule has 0 saturated carbocycles. The minimum absolute atomic E-state index is 0.0586. The van der Waals surface area contributed by atoms with Crippen LogP contribution >= 0.6 is 0 Å². The average molecular weight is 280 g/mol. The smallest absolute Gasteiger partial charge is 0.188 e. The number of carbonyl (C=O) groups excluding carboxylic acids is 1. The van der Waals surface area contributed by atoms with Crippen LogP contribution in [0.2, 0.25) is 0 Å². The van der Waals surface area contributed by atoms with Crippen LogP contribution in [0.15, 0.2) is 18.2 Å². The van der Waals surface area contributed by atoms with Crippen LogP contribution in [-0.2, 0) is 4.74 Å². The summed E-state index contributed by atoms with van der Waals surface area (Å²) in [6.07, 6.45) is 0. The monoisotopic (exact) mass is 280 g/mol. The Morgan fingerprint density at radius 1 is 1.05 bits per heavy atom. The fourth-order valence-electron chi connectivity index (χ4n) is 1.59. The lowest BCUT2D eigenvalue weighted by atomic mass is 10.1. The van der Waals surface area contributed by atoms with Crippen LogP contribution in [0.1, 0.15) is 45.0 Å². The fraction of sp³-hybridized carbons (Fsp3) is 0.562. The maximum Gasteiger partial charge on any atom is 0.188 e. The molecule has 0 unspecified atom stereocenters. The molecule has 4 nitrogen and oxygen atoms in total. The summed E-state index contributed by atoms with van der Waals surface area (Å²) in [6.45, 7) is 10.7. The predicted octanol–water partition coefficient (Wildman–Crippen LogP) is 3.48. The summed E-state index contributed by atoms with van der Waals surface area (Å²) in [7, 11) is 0. The molecular formula is C16H24O4. The Bertz CT molecular complexity index is 446. The second kappa shape index (κ2) is 7.29. The van der Waals surface area contributed by atoms with Gasteiger partial charge in [-0.25, -0.2) is 0 Å². The van der Waals surface area contributed by atoms with Gasteiger partial charge in [0, 0.05) is 5.56 Å². The summed E-state index contributed by atoms with van der Waals surface area (Å²) < 4.78 is 16.5. The van der Waals surface area contributed by atoms with Gasteiger partial charge in [0.2, 0.25) is 0 Å². The van der Waals surface area contributed by atoms with Gasteiger partial charge in [0.1, 0.15) is 6.61 Å². The molecule has 4 heteroatoms. The summed E-state index contributed by atoms with van der Waals surface area (Å²) in [5.74, 6) is 1.18. The largest absolute Gasteiger partial charge is 0.490 e. The van der Waals surface area contributed by atoms with Crippen molar-refractivity contribution >= 4 is 5.78 Å². The molecule has 0 saturated heterocycles. The number of ether oxygens (including phenoxy) is 3. The molecule has 0 bridgehead atoms. The highest BCUT2D eigenvalue weighted by atomic mass is 16.5. The van der Waals surface area contributed by atoms with Crippen molar-refractivity contribution in [2.45, 2.75) is 40.2 Å². The van der Waals surface area contributed by atoms with Gasteiger partial charge in [0.05, 0.1) is 18.8 Å². The van der Waals surface area contributed by atoms with Gasteiger partial charge < -0.3 is 14.2 Å². The Labute approximate surface area is 121 Å². The molecule has 112 valence electrons. The van der Waals surface area contributed by atoms with Gasteiger partial charge in [-0.1, -0.05) is 0 Å². The minimum atomic E-state index is -0.330. The van der Waals surface area contributed by atoms with E-state index in [9.17, 15) is 4.79 Å². The van der Waals surface area contributed by atoms with E-state index in [0.717, 1.165) is 0 Å². The Morgan fingerprint density at radius 2 is 1.65 bits per heavy atom. The molecule has 0 spiro atoms. The zero-order chi connectivity index (χ0) is 15.2. The highest BCUT2D eigenvalue weighted by Gasteiger charge is 2.16. The Morgan fingerprint density at radius 3 is 2.20 bits per heavy atom. The molecule has 0 amide bonds. The lowest BCUT2D eigenvalue weighted by Crippen LogP contribution is -2.23. The SMILES string of the molecule is CCOc1ccc(C(=O)COC(C)(C)C)cc1OCC. The van der Waals surface area contributed by atoms with E-state index in [1.54, 1.807) is 18.2 Å². The van der Waals surface area contributed by atoms with Crippen molar-refractivity contribution in [3.05, 3.63) is 23.8 Å². The average Bonchev–Trinajstić information content (AvgIpc) is 2.37. The second-order valence-corrected chi connectivity index (χ2v) is 5.35. The van der Waals surface area contributed by atoms with Crippen LogP contribution in [0.25, 0.3) is 0 Å². The molecule has 0 aliphatic rings. The van der Waals surface area contributed by atoms with E-state index >= 15 is 0 Å². The number of ketones is 1. The summed E-state index contributed by atoms with van der Waals surface area (Å²) in [5.41, 5.74) is 0.241. The molecule has 1 aromatic rings. The number of hydrogen-bond donors (Lipinski definition) is 0. The van der Waals surface area contributed by atoms with E-state index in [4.69, 9.17) is 14.2 Å². The number of hydrogen-bond acceptors (Lipinski definition) is 4. The summed E-state index contributed by atoms with van der Waals surface area (Å²) in [4.78, 5) is 12.1. The molecule has 0 aliphatic carbocycles. The maximum absolute atomic E-state index is 12.1. The van der Waals surface area contributed by atoms with Crippen molar-refractivity contribution in [3.63, 3.8) is 0 Å². The van der Waals surface area contributed by atoms with Gasteiger partial charge in [-0.3, -0.25) is 4.79 Å². The number of benzene rings is 1. The molecule has 1 rings (SSSR count). The van der Waals surface area contributed by atoms with Crippen LogP contribution in [-0.4, -0.2) is 31.2 Å². The first kappa shape index (κ1) is 16.5. The van der Waals surface area contributed by atoms with E-state index in [1.807, 2.05) is 34.6 Å². The third kappa shape index (κ3) is 5.21. The number of Topliss-reactive ketones (excluding diaryl/α,β-unsaturated/α-hetero) is 1. The van der Waals surface area contributed by atoms with Crippen molar-refractivity contribution in [1.29, 1.82) is 0 Å². The highest BCUT2D eigenvalue weighted by molar-refractivity contribution is 5.97. The van der Waals surface area contributed by atoms with Crippen LogP contribution in [0.4, 0.5) is 0 Å². The second-order valence-electron chi connectivity index (χ2n) is 5.35. The first-order valence-corrected chi connectivity index (χ1v) is 6.94. The molecule has 0 heterocycles. The van der Waals surface area contributed by atoms with Gasteiger partial charge in [-0.2, -0.15) is 0 Å². The lowest BCUT2D eigenvalue weighted by Gasteiger charge is -2.19. The van der Waals surface area contributed by atoms with E-state index < -0.39 is 0 Å². The Hall–Kier alpha value is -1.55. The molecular weight excluding hydrogens is 256 g/mol. The van der Waals surface area contributed by atoms with Crippen LogP contribution < -0.4 is 9.47 Å². The van der Waals surface area contributed by atoms with E-state index in [-0.39, 0.29) is 18.0 Å². The summed E-state index contributed by atoms with van der Waals surface area (Å²) in [6, 6.07) is 5.21. The molecule has 0 aliphatic heterocycles. The molecule has 1 aromatic carbocycles. The van der Waals surface area contributed by atoms with Crippen molar-refractivity contribution in [3.8, 4) is 11.5 Å². The molecule has 0 atom stereocenters. The van der Waals surface area contributed by atoms with Crippen LogP contribution in [0.5, 0.6) is 11.5 Å². The first-order chi connectivity index (χ1) is 9.37. The maximum atomic E-state index is 12.1. The quantitative estimate of drug-likeness (QED) is 0.717. The molecule has 0 aromatic heterocycles. The number of carbonyl (C=O) groups is 1. The van der Waals surface area contributed by atoms with Crippen molar-refractivity contribution in [1.82, 2.24) is 0 Å². The first-order valence-electron chi connectivity index (χ1n) is 6.94. The third-order valence-electron chi connectivity index (χ3n) is 2.50. The topological polar surface area (TPSA) is 44.8 Å². The van der Waals surface area contributed by atoms with Gasteiger partial charge in [0.15, 0.2) is 17.3 Å². The Balaban J connectivity index is 2.85. The van der Waals surface area contributed by atoms with E-state index in [2.05, 4.69) is 0 Å².